The number of amides is 1. The first-order chi connectivity index (χ1) is 14.5. The fraction of sp³-hybridized carbons (Fsp3) is 0.391. The lowest BCUT2D eigenvalue weighted by atomic mass is 10.1. The fourth-order valence-corrected chi connectivity index (χ4v) is 3.66. The van der Waals surface area contributed by atoms with Gasteiger partial charge in [0, 0.05) is 59.4 Å². The Morgan fingerprint density at radius 1 is 1.10 bits per heavy atom. The van der Waals surface area contributed by atoms with Gasteiger partial charge in [0.1, 0.15) is 5.75 Å². The normalized spacial score (nSPS) is 14.6. The second-order valence-corrected chi connectivity index (χ2v) is 7.59. The van der Waals surface area contributed by atoms with E-state index in [9.17, 15) is 9.90 Å². The molecule has 0 spiro atoms. The van der Waals surface area contributed by atoms with Gasteiger partial charge >= 0.3 is 0 Å². The van der Waals surface area contributed by atoms with Crippen LogP contribution in [0.25, 0.3) is 0 Å². The summed E-state index contributed by atoms with van der Waals surface area (Å²) in [5, 5.41) is 13.5. The molecule has 0 bridgehead atoms. The first-order valence-corrected chi connectivity index (χ1v) is 10.3. The average molecular weight is 410 g/mol. The van der Waals surface area contributed by atoms with Gasteiger partial charge in [0.25, 0.3) is 5.91 Å². The van der Waals surface area contributed by atoms with Crippen molar-refractivity contribution in [2.24, 2.45) is 4.99 Å². The molecule has 2 aromatic rings. The van der Waals surface area contributed by atoms with E-state index in [1.807, 2.05) is 42.5 Å². The zero-order valence-electron chi connectivity index (χ0n) is 18.0. The van der Waals surface area contributed by atoms with Gasteiger partial charge in [0.05, 0.1) is 5.69 Å². The summed E-state index contributed by atoms with van der Waals surface area (Å²) in [6, 6.07) is 15.2. The molecule has 160 valence electrons. The molecule has 0 unspecified atom stereocenters. The van der Waals surface area contributed by atoms with Crippen molar-refractivity contribution in [1.29, 1.82) is 0 Å². The number of guanidine groups is 1. The van der Waals surface area contributed by atoms with E-state index in [0.717, 1.165) is 56.4 Å². The topological polar surface area (TPSA) is 71.4 Å². The summed E-state index contributed by atoms with van der Waals surface area (Å²) in [5.41, 5.74) is 2.71. The Labute approximate surface area is 178 Å². The summed E-state index contributed by atoms with van der Waals surface area (Å²) in [7, 11) is 5.33. The van der Waals surface area contributed by atoms with Crippen molar-refractivity contribution in [2.75, 3.05) is 58.8 Å². The molecule has 2 aromatic carbocycles. The molecule has 0 atom stereocenters. The van der Waals surface area contributed by atoms with Crippen molar-refractivity contribution >= 4 is 17.6 Å². The van der Waals surface area contributed by atoms with Crippen LogP contribution in [0.5, 0.6) is 5.75 Å². The Balaban J connectivity index is 1.51. The Kier molecular flexibility index (Phi) is 7.17. The Bertz CT molecular complexity index is 889. The van der Waals surface area contributed by atoms with Gasteiger partial charge in [-0.25, -0.2) is 0 Å². The van der Waals surface area contributed by atoms with Crippen molar-refractivity contribution in [3.05, 3.63) is 59.7 Å². The lowest BCUT2D eigenvalue weighted by Gasteiger charge is -2.37. The van der Waals surface area contributed by atoms with E-state index in [-0.39, 0.29) is 5.91 Å². The molecule has 30 heavy (non-hydrogen) atoms. The van der Waals surface area contributed by atoms with Crippen LogP contribution in [0, 0.1) is 0 Å². The van der Waals surface area contributed by atoms with Crippen LogP contribution in [0.4, 0.5) is 5.69 Å². The van der Waals surface area contributed by atoms with E-state index in [1.165, 1.54) is 0 Å². The molecule has 0 saturated carbocycles. The number of hydrogen-bond acceptors (Lipinski definition) is 4. The lowest BCUT2D eigenvalue weighted by Crippen LogP contribution is -2.52. The highest BCUT2D eigenvalue weighted by Gasteiger charge is 2.21. The molecular weight excluding hydrogens is 378 g/mol. The minimum absolute atomic E-state index is 0.0166. The number of carbonyl (C=O) groups excluding carboxylic acids is 1. The average Bonchev–Trinajstić information content (AvgIpc) is 2.77. The van der Waals surface area contributed by atoms with E-state index in [4.69, 9.17) is 0 Å². The van der Waals surface area contributed by atoms with E-state index in [1.54, 1.807) is 32.1 Å². The lowest BCUT2D eigenvalue weighted by molar-refractivity contribution is 0.0827. The molecule has 1 saturated heterocycles. The fourth-order valence-electron chi connectivity index (χ4n) is 3.66. The Hall–Kier alpha value is -3.22. The van der Waals surface area contributed by atoms with Crippen molar-refractivity contribution in [3.8, 4) is 5.75 Å². The monoisotopic (exact) mass is 409 g/mol. The van der Waals surface area contributed by atoms with Gasteiger partial charge in [-0.3, -0.25) is 9.79 Å². The maximum atomic E-state index is 12.1. The van der Waals surface area contributed by atoms with Crippen LogP contribution < -0.4 is 10.2 Å². The SMILES string of the molecule is CN=C(NCCc1cccc(C(=O)N(C)C)c1)N1CCN(c2ccccc2O)CC1. The molecule has 2 N–H and O–H groups in total. The number of nitrogens with zero attached hydrogens (tertiary/aromatic N) is 4. The summed E-state index contributed by atoms with van der Waals surface area (Å²) >= 11 is 0. The molecule has 0 aliphatic carbocycles. The van der Waals surface area contributed by atoms with Crippen molar-refractivity contribution in [2.45, 2.75) is 6.42 Å². The highest BCUT2D eigenvalue weighted by atomic mass is 16.3. The smallest absolute Gasteiger partial charge is 0.253 e. The van der Waals surface area contributed by atoms with Gasteiger partial charge in [-0.15, -0.1) is 0 Å². The van der Waals surface area contributed by atoms with Crippen LogP contribution in [0.2, 0.25) is 0 Å². The molecule has 1 heterocycles. The van der Waals surface area contributed by atoms with E-state index in [2.05, 4.69) is 20.1 Å². The second kappa shape index (κ2) is 10.0. The molecule has 3 rings (SSSR count). The van der Waals surface area contributed by atoms with Gasteiger partial charge in [-0.2, -0.15) is 0 Å². The largest absolute Gasteiger partial charge is 0.506 e. The predicted octanol–water partition coefficient (Wildman–Crippen LogP) is 2.03. The predicted molar refractivity (Wildman–Crippen MR) is 121 cm³/mol. The van der Waals surface area contributed by atoms with Gasteiger partial charge in [-0.05, 0) is 36.2 Å². The molecule has 0 aromatic heterocycles. The third-order valence-corrected chi connectivity index (χ3v) is 5.29. The van der Waals surface area contributed by atoms with E-state index < -0.39 is 0 Å². The first-order valence-electron chi connectivity index (χ1n) is 10.3. The van der Waals surface area contributed by atoms with Crippen molar-refractivity contribution < 1.29 is 9.90 Å². The van der Waals surface area contributed by atoms with Gasteiger partial charge in [0.15, 0.2) is 5.96 Å². The van der Waals surface area contributed by atoms with Crippen LogP contribution in [-0.2, 0) is 6.42 Å². The summed E-state index contributed by atoms with van der Waals surface area (Å²) in [6.07, 6.45) is 0.811. The van der Waals surface area contributed by atoms with Crippen molar-refractivity contribution in [3.63, 3.8) is 0 Å². The third-order valence-electron chi connectivity index (χ3n) is 5.29. The molecule has 1 aliphatic rings. The summed E-state index contributed by atoms with van der Waals surface area (Å²) < 4.78 is 0. The molecule has 1 aliphatic heterocycles. The molecule has 1 amide bonds. The number of benzene rings is 2. The third kappa shape index (κ3) is 5.23. The Morgan fingerprint density at radius 2 is 1.83 bits per heavy atom. The van der Waals surface area contributed by atoms with Crippen molar-refractivity contribution in [1.82, 2.24) is 15.1 Å². The zero-order valence-corrected chi connectivity index (χ0v) is 18.0. The highest BCUT2D eigenvalue weighted by molar-refractivity contribution is 5.94. The van der Waals surface area contributed by atoms with Crippen LogP contribution in [0.3, 0.4) is 0 Å². The number of para-hydroxylation sites is 2. The molecule has 0 radical (unpaired) electrons. The summed E-state index contributed by atoms with van der Waals surface area (Å²) in [6.45, 7) is 4.06. The van der Waals surface area contributed by atoms with Gasteiger partial charge in [-0.1, -0.05) is 24.3 Å². The first kappa shape index (κ1) is 21.5. The van der Waals surface area contributed by atoms with E-state index in [0.29, 0.717) is 11.3 Å². The molecule has 7 nitrogen and oxygen atoms in total. The summed E-state index contributed by atoms with van der Waals surface area (Å²) in [4.78, 5) is 22.6. The number of piperazine rings is 1. The zero-order chi connectivity index (χ0) is 21.5. The van der Waals surface area contributed by atoms with E-state index >= 15 is 0 Å². The van der Waals surface area contributed by atoms with Gasteiger partial charge < -0.3 is 25.1 Å². The minimum atomic E-state index is 0.0166. The van der Waals surface area contributed by atoms with Gasteiger partial charge in [0.2, 0.25) is 0 Å². The quantitative estimate of drug-likeness (QED) is 0.584. The minimum Gasteiger partial charge on any atom is -0.506 e. The maximum absolute atomic E-state index is 12.1. The number of carbonyl (C=O) groups is 1. The van der Waals surface area contributed by atoms with Crippen LogP contribution >= 0.6 is 0 Å². The molecular formula is C23H31N5O2. The van der Waals surface area contributed by atoms with Crippen LogP contribution in [0.1, 0.15) is 15.9 Å². The number of rotatable bonds is 5. The number of aliphatic imine (C=N–C) groups is 1. The Morgan fingerprint density at radius 3 is 2.50 bits per heavy atom. The number of nitrogens with one attached hydrogen (secondary N) is 1. The number of phenols is 1. The molecule has 7 heteroatoms. The number of phenolic OH excluding ortho intramolecular Hbond substituents is 1. The second-order valence-electron chi connectivity index (χ2n) is 7.59. The highest BCUT2D eigenvalue weighted by Crippen LogP contribution is 2.27. The molecule has 1 fully saturated rings. The number of aromatic hydroxyl groups is 1. The maximum Gasteiger partial charge on any atom is 0.253 e. The standard InChI is InChI=1S/C23H31N5O2/c1-24-23(25-12-11-18-7-6-8-19(17-18)22(30)26(2)3)28-15-13-27(14-16-28)20-9-4-5-10-21(20)29/h4-10,17,29H,11-16H2,1-3H3,(H,24,25). The number of anilines is 1. The number of hydrogen-bond donors (Lipinski definition) is 2. The van der Waals surface area contributed by atoms with Crippen LogP contribution in [-0.4, -0.2) is 80.6 Å². The van der Waals surface area contributed by atoms with Crippen LogP contribution in [0.15, 0.2) is 53.5 Å². The summed E-state index contributed by atoms with van der Waals surface area (Å²) in [5.74, 6) is 1.22.